The standard InChI is InChI=1S/C28H34NO2.C13H7F2N2.C12H9BrN.C12H10N.4Ir/c1-6-20(3)18-30-27-15-14-24(17-28(27)31-19-21(4)7-2)23-11-9-12-25(16-23)26-13-8-10-22(5)29-26;1-8-3-2-4-12(17-8)9-5-6-11(14)10(7-16)13(9)15;1-9-4-2-7-12(14-9)10-5-3-6-11(13)8-10;1-10-6-5-9-12(13-10)11-7-3-2-4-8-11;;;;/h8-11,13-17,20-21H,6-7,18-19H2,1-5H3;2-4,6H,1H3;2-4,6-8H,1H3;2-7,9H,1H3;;;;/q4*-1;;;;. The average molecular weight is 1830 g/mol. The van der Waals surface area contributed by atoms with Crippen molar-refractivity contribution < 1.29 is 98.7 Å². The van der Waals surface area contributed by atoms with Crippen molar-refractivity contribution in [3.05, 3.63) is 226 Å². The van der Waals surface area contributed by atoms with Crippen molar-refractivity contribution >= 4 is 15.9 Å². The number of rotatable bonds is 13. The van der Waals surface area contributed by atoms with Crippen molar-refractivity contribution in [1.29, 1.82) is 5.26 Å². The SMILES string of the molecule is CCC(C)COc1ccc(-c2cc[c-]c(-c3cccc(C)n3)c2)cc1OCC(C)CC.Cc1cccc(-c2[c-]cc(F)c(C#N)c2F)n1.Cc1cccc(-c2[c-]ccc(Br)c2)n1.Cc1cccc(-c2[c-]cccc2)n1.[Ir].[Ir].[Ir].[Ir]. The molecule has 0 N–H and O–H groups in total. The van der Waals surface area contributed by atoms with Gasteiger partial charge in [0.05, 0.1) is 30.9 Å². The van der Waals surface area contributed by atoms with Gasteiger partial charge >= 0.3 is 0 Å². The van der Waals surface area contributed by atoms with Gasteiger partial charge in [0.1, 0.15) is 0 Å². The van der Waals surface area contributed by atoms with Crippen LogP contribution in [0.1, 0.15) is 68.9 Å². The molecule has 0 fully saturated rings. The quantitative estimate of drug-likeness (QED) is 0.106. The van der Waals surface area contributed by atoms with Crippen LogP contribution in [0, 0.1) is 86.8 Å². The van der Waals surface area contributed by atoms with E-state index in [1.54, 1.807) is 25.1 Å². The van der Waals surface area contributed by atoms with E-state index in [2.05, 4.69) is 112 Å². The summed E-state index contributed by atoms with van der Waals surface area (Å²) in [6.45, 7) is 17.9. The van der Waals surface area contributed by atoms with Gasteiger partial charge in [0.25, 0.3) is 0 Å². The molecule has 7 nitrogen and oxygen atoms in total. The maximum Gasteiger partial charge on any atom is 0.161 e. The smallest absolute Gasteiger partial charge is 0.161 e. The molecule has 4 radical (unpaired) electrons. The van der Waals surface area contributed by atoms with Gasteiger partial charge in [0.15, 0.2) is 11.5 Å². The number of aromatic nitrogens is 4. The Morgan fingerprint density at radius 1 is 0.519 bits per heavy atom. The number of hydrogen-bond donors (Lipinski definition) is 0. The number of hydrogen-bond acceptors (Lipinski definition) is 7. The fraction of sp³-hybridized carbons (Fsp3) is 0.215. The first-order valence-electron chi connectivity index (χ1n) is 24.9. The van der Waals surface area contributed by atoms with Crippen molar-refractivity contribution in [3.63, 3.8) is 0 Å². The molecule has 9 aromatic rings. The minimum absolute atomic E-state index is 0. The van der Waals surface area contributed by atoms with Crippen LogP contribution >= 0.6 is 15.9 Å². The maximum atomic E-state index is 13.8. The predicted molar refractivity (Wildman–Crippen MR) is 301 cm³/mol. The molecule has 0 aliphatic rings. The predicted octanol–water partition coefficient (Wildman–Crippen LogP) is 16.8. The second kappa shape index (κ2) is 36.2. The first kappa shape index (κ1) is 69.8. The summed E-state index contributed by atoms with van der Waals surface area (Å²) in [6, 6.07) is 63.8. The molecule has 14 heteroatoms. The summed E-state index contributed by atoms with van der Waals surface area (Å²) in [5.74, 6) is 0.791. The summed E-state index contributed by atoms with van der Waals surface area (Å²) in [5.41, 5.74) is 11.6. The zero-order chi connectivity index (χ0) is 53.7. The van der Waals surface area contributed by atoms with Crippen molar-refractivity contribution in [1.82, 2.24) is 19.9 Å². The van der Waals surface area contributed by atoms with E-state index in [1.165, 1.54) is 6.07 Å². The molecule has 0 saturated carbocycles. The topological polar surface area (TPSA) is 93.8 Å². The fourth-order valence-electron chi connectivity index (χ4n) is 7.10. The molecule has 2 unspecified atom stereocenters. The fourth-order valence-corrected chi connectivity index (χ4v) is 7.46. The third kappa shape index (κ3) is 22.0. The largest absolute Gasteiger partial charge is 0.489 e. The summed E-state index contributed by atoms with van der Waals surface area (Å²) >= 11 is 3.43. The van der Waals surface area contributed by atoms with Crippen LogP contribution in [0.2, 0.25) is 0 Å². The third-order valence-corrected chi connectivity index (χ3v) is 12.3. The third-order valence-electron chi connectivity index (χ3n) is 11.8. The summed E-state index contributed by atoms with van der Waals surface area (Å²) in [5, 5.41) is 8.66. The van der Waals surface area contributed by atoms with Crippen LogP contribution in [0.4, 0.5) is 8.78 Å². The van der Waals surface area contributed by atoms with Crippen molar-refractivity contribution in [2.24, 2.45) is 11.8 Å². The molecule has 0 saturated heterocycles. The molecule has 79 heavy (non-hydrogen) atoms. The number of nitrogens with zero attached hydrogens (tertiary/aromatic N) is 5. The zero-order valence-electron chi connectivity index (χ0n) is 45.0. The molecule has 0 amide bonds. The van der Waals surface area contributed by atoms with Gasteiger partial charge in [-0.3, -0.25) is 8.78 Å². The molecule has 0 aliphatic carbocycles. The van der Waals surface area contributed by atoms with Crippen LogP contribution in [-0.2, 0) is 80.4 Å². The Balaban J connectivity index is 0.000000379. The van der Waals surface area contributed by atoms with Gasteiger partial charge in [0, 0.05) is 109 Å². The van der Waals surface area contributed by atoms with Gasteiger partial charge in [-0.25, -0.2) is 0 Å². The Labute approximate surface area is 528 Å². The van der Waals surface area contributed by atoms with Crippen molar-refractivity contribution in [2.45, 2.75) is 68.2 Å². The van der Waals surface area contributed by atoms with Gasteiger partial charge in [-0.1, -0.05) is 121 Å². The molecular formula is C65H60BrF2Ir4N5O2-4. The molecule has 0 spiro atoms. The molecular weight excluding hydrogens is 1770 g/mol. The number of ether oxygens (including phenoxy) is 2. The van der Waals surface area contributed by atoms with E-state index in [0.717, 1.165) is 96.9 Å². The van der Waals surface area contributed by atoms with Crippen LogP contribution in [0.5, 0.6) is 11.5 Å². The summed E-state index contributed by atoms with van der Waals surface area (Å²) in [7, 11) is 0. The summed E-state index contributed by atoms with van der Waals surface area (Å²) in [4.78, 5) is 17.6. The minimum atomic E-state index is -0.925. The first-order valence-corrected chi connectivity index (χ1v) is 25.7. The average Bonchev–Trinajstić information content (AvgIpc) is 3.44. The van der Waals surface area contributed by atoms with Crippen molar-refractivity contribution in [3.8, 4) is 73.7 Å². The first-order chi connectivity index (χ1) is 36.2. The van der Waals surface area contributed by atoms with Crippen LogP contribution in [0.15, 0.2) is 162 Å². The van der Waals surface area contributed by atoms with E-state index >= 15 is 0 Å². The minimum Gasteiger partial charge on any atom is -0.489 e. The second-order valence-electron chi connectivity index (χ2n) is 18.0. The number of aryl methyl sites for hydroxylation is 4. The zero-order valence-corrected chi connectivity index (χ0v) is 56.2. The van der Waals surface area contributed by atoms with Crippen molar-refractivity contribution in [2.75, 3.05) is 13.2 Å². The van der Waals surface area contributed by atoms with Crippen LogP contribution in [0.3, 0.4) is 0 Å². The van der Waals surface area contributed by atoms with E-state index in [1.807, 2.05) is 130 Å². The van der Waals surface area contributed by atoms with Crippen LogP contribution < -0.4 is 9.47 Å². The van der Waals surface area contributed by atoms with Gasteiger partial charge in [0.2, 0.25) is 0 Å². The van der Waals surface area contributed by atoms with E-state index in [4.69, 9.17) is 14.7 Å². The molecule has 4 aromatic heterocycles. The van der Waals surface area contributed by atoms with E-state index < -0.39 is 17.2 Å². The maximum absolute atomic E-state index is 13.8. The second-order valence-corrected chi connectivity index (χ2v) is 18.9. The number of nitriles is 1. The van der Waals surface area contributed by atoms with Crippen LogP contribution in [0.25, 0.3) is 56.2 Å². The number of benzene rings is 5. The van der Waals surface area contributed by atoms with Gasteiger partial charge < -0.3 is 29.4 Å². The Morgan fingerprint density at radius 2 is 0.987 bits per heavy atom. The van der Waals surface area contributed by atoms with E-state index in [0.29, 0.717) is 36.4 Å². The summed E-state index contributed by atoms with van der Waals surface area (Å²) in [6.07, 6.45) is 2.18. The molecule has 0 bridgehead atoms. The Hall–Kier alpha value is -5.27. The van der Waals surface area contributed by atoms with Gasteiger partial charge in [-0.2, -0.15) is 5.26 Å². The molecule has 418 valence electrons. The molecule has 5 aromatic carbocycles. The molecule has 4 heterocycles. The van der Waals surface area contributed by atoms with Gasteiger partial charge in [-0.05, 0) is 104 Å². The number of halogens is 3. The Kier molecular flexibility index (Phi) is 32.0. The van der Waals surface area contributed by atoms with Crippen LogP contribution in [-0.4, -0.2) is 33.1 Å². The van der Waals surface area contributed by atoms with E-state index in [9.17, 15) is 8.78 Å². The summed E-state index contributed by atoms with van der Waals surface area (Å²) < 4.78 is 40.3. The normalized spacial score (nSPS) is 10.7. The molecule has 9 rings (SSSR count). The van der Waals surface area contributed by atoms with E-state index in [-0.39, 0.29) is 86.0 Å². The molecule has 0 aliphatic heterocycles. The Bertz CT molecular complexity index is 3290. The monoisotopic (exact) mass is 1830 g/mol. The number of pyridine rings is 4. The Morgan fingerprint density at radius 3 is 1.48 bits per heavy atom. The van der Waals surface area contributed by atoms with Gasteiger partial charge in [-0.15, -0.1) is 113 Å². The molecule has 2 atom stereocenters.